The molecule has 0 saturated heterocycles. The average Bonchev–Trinajstić information content (AvgIpc) is 2.37. The van der Waals surface area contributed by atoms with Gasteiger partial charge in [-0.2, -0.15) is 0 Å². The van der Waals surface area contributed by atoms with E-state index in [-0.39, 0.29) is 23.0 Å². The standard InChI is InChI=1S/C13H19ClN2O3S/c14-10-5-6-13(11(15)7-10)20(18,19)16-8-9-3-1-2-4-12(9)17/h5-7,9,12,16-17H,1-4,8,15H2. The van der Waals surface area contributed by atoms with Crippen LogP contribution in [-0.4, -0.2) is 26.2 Å². The molecule has 112 valence electrons. The molecule has 0 radical (unpaired) electrons. The van der Waals surface area contributed by atoms with Gasteiger partial charge < -0.3 is 10.8 Å². The molecule has 2 unspecified atom stereocenters. The summed E-state index contributed by atoms with van der Waals surface area (Å²) in [6.07, 6.45) is 3.14. The molecule has 2 rings (SSSR count). The van der Waals surface area contributed by atoms with Gasteiger partial charge in [0.25, 0.3) is 0 Å². The van der Waals surface area contributed by atoms with Crippen LogP contribution in [0.3, 0.4) is 0 Å². The Hall–Kier alpha value is -0.820. The summed E-state index contributed by atoms with van der Waals surface area (Å²) in [6.45, 7) is 0.228. The molecular weight excluding hydrogens is 300 g/mol. The van der Waals surface area contributed by atoms with Crippen LogP contribution in [0.25, 0.3) is 0 Å². The Morgan fingerprint density at radius 1 is 1.35 bits per heavy atom. The van der Waals surface area contributed by atoms with E-state index in [1.54, 1.807) is 0 Å². The maximum absolute atomic E-state index is 12.2. The zero-order valence-corrected chi connectivity index (χ0v) is 12.6. The van der Waals surface area contributed by atoms with E-state index in [1.165, 1.54) is 18.2 Å². The molecule has 4 N–H and O–H groups in total. The Balaban J connectivity index is 2.07. The minimum Gasteiger partial charge on any atom is -0.398 e. The van der Waals surface area contributed by atoms with Crippen LogP contribution in [0.4, 0.5) is 5.69 Å². The maximum atomic E-state index is 12.2. The summed E-state index contributed by atoms with van der Waals surface area (Å²) in [5.74, 6) is -0.0351. The summed E-state index contributed by atoms with van der Waals surface area (Å²) >= 11 is 5.76. The number of benzene rings is 1. The summed E-state index contributed by atoms with van der Waals surface area (Å²) in [7, 11) is -3.68. The summed E-state index contributed by atoms with van der Waals surface area (Å²) in [5.41, 5.74) is 5.81. The van der Waals surface area contributed by atoms with Crippen LogP contribution in [0.1, 0.15) is 25.7 Å². The lowest BCUT2D eigenvalue weighted by Crippen LogP contribution is -2.36. The number of aliphatic hydroxyl groups is 1. The van der Waals surface area contributed by atoms with Gasteiger partial charge in [-0.15, -0.1) is 0 Å². The van der Waals surface area contributed by atoms with Crippen molar-refractivity contribution in [2.24, 2.45) is 5.92 Å². The molecule has 1 aliphatic carbocycles. The predicted molar refractivity (Wildman–Crippen MR) is 79.0 cm³/mol. The lowest BCUT2D eigenvalue weighted by molar-refractivity contribution is 0.0724. The fourth-order valence-corrected chi connectivity index (χ4v) is 3.87. The van der Waals surface area contributed by atoms with Gasteiger partial charge in [-0.3, -0.25) is 0 Å². The van der Waals surface area contributed by atoms with Gasteiger partial charge in [-0.1, -0.05) is 24.4 Å². The molecule has 0 heterocycles. The van der Waals surface area contributed by atoms with Crippen molar-refractivity contribution >= 4 is 27.3 Å². The highest BCUT2D eigenvalue weighted by atomic mass is 35.5. The number of rotatable bonds is 4. The van der Waals surface area contributed by atoms with Crippen LogP contribution in [0, 0.1) is 5.92 Å². The van der Waals surface area contributed by atoms with Gasteiger partial charge >= 0.3 is 0 Å². The summed E-state index contributed by atoms with van der Waals surface area (Å²) in [6, 6.07) is 4.28. The number of anilines is 1. The molecule has 0 amide bonds. The molecule has 5 nitrogen and oxygen atoms in total. The lowest BCUT2D eigenvalue weighted by Gasteiger charge is -2.27. The topological polar surface area (TPSA) is 92.4 Å². The normalized spacial score (nSPS) is 23.7. The molecule has 0 aliphatic heterocycles. The predicted octanol–water partition coefficient (Wildman–Crippen LogP) is 1.75. The number of nitrogens with one attached hydrogen (secondary N) is 1. The van der Waals surface area contributed by atoms with Gasteiger partial charge in [0.1, 0.15) is 4.90 Å². The fraction of sp³-hybridized carbons (Fsp3) is 0.538. The van der Waals surface area contributed by atoms with E-state index in [9.17, 15) is 13.5 Å². The van der Waals surface area contributed by atoms with E-state index >= 15 is 0 Å². The van der Waals surface area contributed by atoms with Crippen LogP contribution >= 0.6 is 11.6 Å². The van der Waals surface area contributed by atoms with E-state index in [1.807, 2.05) is 0 Å². The Kier molecular flexibility index (Phi) is 4.90. The van der Waals surface area contributed by atoms with Gasteiger partial charge in [0.15, 0.2) is 0 Å². The zero-order valence-electron chi connectivity index (χ0n) is 11.0. The largest absolute Gasteiger partial charge is 0.398 e. The minimum atomic E-state index is -3.68. The third-order valence-corrected chi connectivity index (χ3v) is 5.40. The maximum Gasteiger partial charge on any atom is 0.242 e. The van der Waals surface area contributed by atoms with Crippen molar-refractivity contribution in [2.45, 2.75) is 36.7 Å². The van der Waals surface area contributed by atoms with Gasteiger partial charge in [0.2, 0.25) is 10.0 Å². The highest BCUT2D eigenvalue weighted by Gasteiger charge is 2.25. The first kappa shape index (κ1) is 15.6. The van der Waals surface area contributed by atoms with Crippen LogP contribution in [0.5, 0.6) is 0 Å². The van der Waals surface area contributed by atoms with Crippen molar-refractivity contribution in [3.63, 3.8) is 0 Å². The van der Waals surface area contributed by atoms with E-state index < -0.39 is 16.1 Å². The van der Waals surface area contributed by atoms with Crippen LogP contribution in [0.15, 0.2) is 23.1 Å². The van der Waals surface area contributed by atoms with Crippen molar-refractivity contribution in [1.82, 2.24) is 4.72 Å². The molecule has 2 atom stereocenters. The zero-order chi connectivity index (χ0) is 14.8. The molecule has 0 bridgehead atoms. The molecule has 7 heteroatoms. The van der Waals surface area contributed by atoms with Crippen molar-refractivity contribution in [2.75, 3.05) is 12.3 Å². The summed E-state index contributed by atoms with van der Waals surface area (Å²) < 4.78 is 26.9. The molecule has 1 saturated carbocycles. The number of halogens is 1. The number of nitrogen functional groups attached to an aromatic ring is 1. The quantitative estimate of drug-likeness (QED) is 0.737. The van der Waals surface area contributed by atoms with Crippen LogP contribution in [0.2, 0.25) is 5.02 Å². The van der Waals surface area contributed by atoms with Crippen molar-refractivity contribution in [3.05, 3.63) is 23.2 Å². The van der Waals surface area contributed by atoms with E-state index in [4.69, 9.17) is 17.3 Å². The van der Waals surface area contributed by atoms with Gasteiger partial charge in [-0.25, -0.2) is 13.1 Å². The van der Waals surface area contributed by atoms with Crippen LogP contribution < -0.4 is 10.5 Å². The lowest BCUT2D eigenvalue weighted by atomic mass is 9.87. The first-order chi connectivity index (χ1) is 9.40. The van der Waals surface area contributed by atoms with Crippen molar-refractivity contribution in [1.29, 1.82) is 0 Å². The second-order valence-corrected chi connectivity index (χ2v) is 7.32. The van der Waals surface area contributed by atoms with Crippen molar-refractivity contribution < 1.29 is 13.5 Å². The number of nitrogens with two attached hydrogens (primary N) is 1. The fourth-order valence-electron chi connectivity index (χ4n) is 2.48. The molecule has 1 fully saturated rings. The van der Waals surface area contributed by atoms with E-state index in [0.717, 1.165) is 25.7 Å². The molecule has 1 aliphatic rings. The number of hydrogen-bond acceptors (Lipinski definition) is 4. The number of aliphatic hydroxyl groups excluding tert-OH is 1. The molecular formula is C13H19ClN2O3S. The molecule has 1 aromatic rings. The third-order valence-electron chi connectivity index (χ3n) is 3.67. The Labute approximate surface area is 124 Å². The highest BCUT2D eigenvalue weighted by molar-refractivity contribution is 7.89. The molecule has 1 aromatic carbocycles. The Morgan fingerprint density at radius 3 is 2.70 bits per heavy atom. The summed E-state index contributed by atoms with van der Waals surface area (Å²) in [4.78, 5) is 0.0206. The third kappa shape index (κ3) is 3.63. The first-order valence-electron chi connectivity index (χ1n) is 6.63. The van der Waals surface area contributed by atoms with E-state index in [0.29, 0.717) is 5.02 Å². The average molecular weight is 319 g/mol. The molecule has 0 spiro atoms. The molecule has 0 aromatic heterocycles. The van der Waals surface area contributed by atoms with Gasteiger partial charge in [0.05, 0.1) is 11.8 Å². The molecule has 20 heavy (non-hydrogen) atoms. The van der Waals surface area contributed by atoms with Crippen LogP contribution in [-0.2, 0) is 10.0 Å². The Morgan fingerprint density at radius 2 is 2.05 bits per heavy atom. The Bertz CT molecular complexity index is 577. The SMILES string of the molecule is Nc1cc(Cl)ccc1S(=O)(=O)NCC1CCCCC1O. The van der Waals surface area contributed by atoms with E-state index in [2.05, 4.69) is 4.72 Å². The van der Waals surface area contributed by atoms with Gasteiger partial charge in [0, 0.05) is 11.6 Å². The monoisotopic (exact) mass is 318 g/mol. The van der Waals surface area contributed by atoms with Gasteiger partial charge in [-0.05, 0) is 37.0 Å². The number of hydrogen-bond donors (Lipinski definition) is 3. The highest BCUT2D eigenvalue weighted by Crippen LogP contribution is 2.25. The number of sulfonamides is 1. The second kappa shape index (κ2) is 6.30. The summed E-state index contributed by atoms with van der Waals surface area (Å²) in [5, 5.41) is 10.2. The first-order valence-corrected chi connectivity index (χ1v) is 8.49. The van der Waals surface area contributed by atoms with Crippen molar-refractivity contribution in [3.8, 4) is 0 Å². The minimum absolute atomic E-state index is 0.0206. The smallest absolute Gasteiger partial charge is 0.242 e. The second-order valence-electron chi connectivity index (χ2n) is 5.15.